The molecule has 1 N–H and O–H groups in total. The van der Waals surface area contributed by atoms with E-state index in [1.165, 1.54) is 25.7 Å². The zero-order valence-corrected chi connectivity index (χ0v) is 14.3. The number of rotatable bonds is 5. The summed E-state index contributed by atoms with van der Waals surface area (Å²) in [5.41, 5.74) is 0.419. The predicted molar refractivity (Wildman–Crippen MR) is 93.3 cm³/mol. The molecule has 6 heteroatoms. The highest BCUT2D eigenvalue weighted by Crippen LogP contribution is 2.23. The fourth-order valence-corrected chi connectivity index (χ4v) is 3.13. The summed E-state index contributed by atoms with van der Waals surface area (Å²) in [5.74, 6) is 0.484. The third-order valence-electron chi connectivity index (χ3n) is 4.25. The number of hydrogen-bond donors (Lipinski definition) is 1. The summed E-state index contributed by atoms with van der Waals surface area (Å²) in [5, 5.41) is 7.93. The van der Waals surface area contributed by atoms with Crippen molar-refractivity contribution in [3.63, 3.8) is 0 Å². The lowest BCUT2D eigenvalue weighted by Gasteiger charge is -2.15. The van der Waals surface area contributed by atoms with Gasteiger partial charge in [-0.2, -0.15) is 5.10 Å². The van der Waals surface area contributed by atoms with Gasteiger partial charge in [0.1, 0.15) is 11.4 Å². The summed E-state index contributed by atoms with van der Waals surface area (Å²) >= 11 is 6.05. The quantitative estimate of drug-likeness (QED) is 0.831. The molecule has 0 aliphatic heterocycles. The van der Waals surface area contributed by atoms with Crippen LogP contribution in [0.1, 0.15) is 49.0 Å². The number of halogens is 1. The molecule has 0 saturated heterocycles. The summed E-state index contributed by atoms with van der Waals surface area (Å²) in [6.45, 7) is 0.209. The number of carbonyl (C=O) groups is 1. The molecule has 1 aliphatic rings. The van der Waals surface area contributed by atoms with Gasteiger partial charge in [0, 0.05) is 12.2 Å². The fraction of sp³-hybridized carbons (Fsp3) is 0.444. The summed E-state index contributed by atoms with van der Waals surface area (Å²) in [7, 11) is 0. The van der Waals surface area contributed by atoms with Gasteiger partial charge in [-0.05, 0) is 31.0 Å². The third kappa shape index (κ3) is 4.51. The van der Waals surface area contributed by atoms with E-state index in [-0.39, 0.29) is 18.7 Å². The van der Waals surface area contributed by atoms with Gasteiger partial charge in [0.25, 0.3) is 5.91 Å². The molecular formula is C18H22ClN3O2. The Labute approximate surface area is 147 Å². The first-order valence-electron chi connectivity index (χ1n) is 8.44. The van der Waals surface area contributed by atoms with Crippen LogP contribution >= 0.6 is 11.6 Å². The number of nitrogens with one attached hydrogen (secondary N) is 1. The Hall–Kier alpha value is -2.01. The molecule has 1 aliphatic carbocycles. The molecule has 128 valence electrons. The van der Waals surface area contributed by atoms with Crippen LogP contribution in [0.15, 0.2) is 36.5 Å². The third-order valence-corrected chi connectivity index (χ3v) is 4.56. The molecule has 0 radical (unpaired) electrons. The first-order valence-corrected chi connectivity index (χ1v) is 8.82. The average molecular weight is 348 g/mol. The van der Waals surface area contributed by atoms with E-state index < -0.39 is 0 Å². The Morgan fingerprint density at radius 2 is 1.96 bits per heavy atom. The number of para-hydroxylation sites is 1. The number of amides is 1. The highest BCUT2D eigenvalue weighted by atomic mass is 35.5. The van der Waals surface area contributed by atoms with E-state index >= 15 is 0 Å². The molecule has 0 spiro atoms. The van der Waals surface area contributed by atoms with E-state index in [0.717, 1.165) is 12.8 Å². The van der Waals surface area contributed by atoms with Gasteiger partial charge in [0.05, 0.1) is 5.02 Å². The Bertz CT molecular complexity index is 678. The largest absolute Gasteiger partial charge is 0.470 e. The molecule has 0 atom stereocenters. The van der Waals surface area contributed by atoms with Gasteiger partial charge in [-0.25, -0.2) is 4.68 Å². The molecular weight excluding hydrogens is 326 g/mol. The second-order valence-corrected chi connectivity index (χ2v) is 6.51. The van der Waals surface area contributed by atoms with Gasteiger partial charge in [0.2, 0.25) is 0 Å². The van der Waals surface area contributed by atoms with Gasteiger partial charge < -0.3 is 10.1 Å². The standard InChI is InChI=1S/C18H22ClN3O2/c19-15-9-5-6-10-17(15)24-13-22-12-11-16(21-22)18(23)20-14-7-3-1-2-4-8-14/h5-6,9-12,14H,1-4,7-8,13H2,(H,20,23). The highest BCUT2D eigenvalue weighted by Gasteiger charge is 2.17. The van der Waals surface area contributed by atoms with Crippen molar-refractivity contribution in [2.24, 2.45) is 0 Å². The maximum atomic E-state index is 12.3. The fourth-order valence-electron chi connectivity index (χ4n) is 2.94. The molecule has 3 rings (SSSR count). The van der Waals surface area contributed by atoms with Crippen LogP contribution in [-0.2, 0) is 6.73 Å². The second-order valence-electron chi connectivity index (χ2n) is 6.11. The van der Waals surface area contributed by atoms with Crippen molar-refractivity contribution in [1.29, 1.82) is 0 Å². The minimum absolute atomic E-state index is 0.113. The number of ether oxygens (including phenoxy) is 1. The lowest BCUT2D eigenvalue weighted by Crippen LogP contribution is -2.34. The molecule has 0 bridgehead atoms. The van der Waals surface area contributed by atoms with E-state index in [4.69, 9.17) is 16.3 Å². The zero-order chi connectivity index (χ0) is 16.8. The molecule has 0 unspecified atom stereocenters. The smallest absolute Gasteiger partial charge is 0.271 e. The average Bonchev–Trinajstić information content (AvgIpc) is 2.92. The van der Waals surface area contributed by atoms with Crippen molar-refractivity contribution in [2.75, 3.05) is 0 Å². The Morgan fingerprint density at radius 3 is 2.71 bits per heavy atom. The number of carbonyl (C=O) groups excluding carboxylic acids is 1. The summed E-state index contributed by atoms with van der Waals surface area (Å²) in [6.07, 6.45) is 8.75. The van der Waals surface area contributed by atoms with Gasteiger partial charge in [0.15, 0.2) is 6.73 Å². The monoisotopic (exact) mass is 347 g/mol. The van der Waals surface area contributed by atoms with Crippen molar-refractivity contribution >= 4 is 17.5 Å². The van der Waals surface area contributed by atoms with E-state index in [2.05, 4.69) is 10.4 Å². The normalized spacial score (nSPS) is 15.7. The lowest BCUT2D eigenvalue weighted by atomic mass is 10.1. The maximum absolute atomic E-state index is 12.3. The number of nitrogens with zero attached hydrogens (tertiary/aromatic N) is 2. The van der Waals surface area contributed by atoms with Crippen molar-refractivity contribution in [3.05, 3.63) is 47.2 Å². The Kier molecular flexibility index (Phi) is 5.75. The minimum Gasteiger partial charge on any atom is -0.470 e. The summed E-state index contributed by atoms with van der Waals surface area (Å²) in [6, 6.07) is 9.25. The Balaban J connectivity index is 1.54. The molecule has 1 heterocycles. The highest BCUT2D eigenvalue weighted by molar-refractivity contribution is 6.32. The molecule has 1 amide bonds. The second kappa shape index (κ2) is 8.20. The SMILES string of the molecule is O=C(NC1CCCCCC1)c1ccn(COc2ccccc2Cl)n1. The number of benzene rings is 1. The van der Waals surface area contributed by atoms with Crippen molar-refractivity contribution < 1.29 is 9.53 Å². The molecule has 1 fully saturated rings. The Morgan fingerprint density at radius 1 is 1.21 bits per heavy atom. The van der Waals surface area contributed by atoms with Crippen LogP contribution < -0.4 is 10.1 Å². The molecule has 1 saturated carbocycles. The topological polar surface area (TPSA) is 56.2 Å². The van der Waals surface area contributed by atoms with Crippen LogP contribution in [-0.4, -0.2) is 21.7 Å². The summed E-state index contributed by atoms with van der Waals surface area (Å²) < 4.78 is 7.21. The van der Waals surface area contributed by atoms with Gasteiger partial charge >= 0.3 is 0 Å². The molecule has 24 heavy (non-hydrogen) atoms. The maximum Gasteiger partial charge on any atom is 0.271 e. The van der Waals surface area contributed by atoms with Crippen LogP contribution in [0, 0.1) is 0 Å². The zero-order valence-electron chi connectivity index (χ0n) is 13.6. The van der Waals surface area contributed by atoms with Gasteiger partial charge in [-0.15, -0.1) is 0 Å². The van der Waals surface area contributed by atoms with Crippen LogP contribution in [0.4, 0.5) is 0 Å². The summed E-state index contributed by atoms with van der Waals surface area (Å²) in [4.78, 5) is 12.3. The van der Waals surface area contributed by atoms with E-state index in [1.807, 2.05) is 12.1 Å². The van der Waals surface area contributed by atoms with Crippen LogP contribution in [0.25, 0.3) is 0 Å². The lowest BCUT2D eigenvalue weighted by molar-refractivity contribution is 0.0926. The first-order chi connectivity index (χ1) is 11.7. The van der Waals surface area contributed by atoms with Gasteiger partial charge in [-0.1, -0.05) is 49.4 Å². The molecule has 2 aromatic rings. The van der Waals surface area contributed by atoms with Crippen LogP contribution in [0.3, 0.4) is 0 Å². The molecule has 1 aromatic carbocycles. The van der Waals surface area contributed by atoms with E-state index in [0.29, 0.717) is 16.5 Å². The van der Waals surface area contributed by atoms with Gasteiger partial charge in [-0.3, -0.25) is 4.79 Å². The van der Waals surface area contributed by atoms with E-state index in [1.54, 1.807) is 29.1 Å². The van der Waals surface area contributed by atoms with Crippen LogP contribution in [0.2, 0.25) is 5.02 Å². The minimum atomic E-state index is -0.113. The molecule has 1 aromatic heterocycles. The molecule has 5 nitrogen and oxygen atoms in total. The first kappa shape index (κ1) is 16.8. The van der Waals surface area contributed by atoms with E-state index in [9.17, 15) is 4.79 Å². The van der Waals surface area contributed by atoms with Crippen molar-refractivity contribution in [1.82, 2.24) is 15.1 Å². The predicted octanol–water partition coefficient (Wildman–Crippen LogP) is 4.03. The number of hydrogen-bond acceptors (Lipinski definition) is 3. The van der Waals surface area contributed by atoms with Crippen LogP contribution in [0.5, 0.6) is 5.75 Å². The van der Waals surface area contributed by atoms with Crippen molar-refractivity contribution in [2.45, 2.75) is 51.3 Å². The number of aromatic nitrogens is 2. The van der Waals surface area contributed by atoms with Crippen molar-refractivity contribution in [3.8, 4) is 5.75 Å².